The lowest BCUT2D eigenvalue weighted by atomic mass is 10.1. The van der Waals surface area contributed by atoms with Crippen LogP contribution in [0.1, 0.15) is 11.3 Å². The van der Waals surface area contributed by atoms with Crippen LogP contribution in [0.5, 0.6) is 0 Å². The molecule has 1 aromatic carbocycles. The lowest BCUT2D eigenvalue weighted by molar-refractivity contribution is 0.571. The summed E-state index contributed by atoms with van der Waals surface area (Å²) < 4.78 is 6.37. The van der Waals surface area contributed by atoms with Crippen LogP contribution >= 0.6 is 27.5 Å². The summed E-state index contributed by atoms with van der Waals surface area (Å²) in [5, 5.41) is 0. The number of halogens is 2. The van der Waals surface area contributed by atoms with Crippen LogP contribution in [-0.2, 0) is 5.88 Å². The van der Waals surface area contributed by atoms with Crippen LogP contribution in [0.2, 0.25) is 0 Å². The molecule has 1 aromatic heterocycles. The van der Waals surface area contributed by atoms with E-state index in [4.69, 9.17) is 16.0 Å². The van der Waals surface area contributed by atoms with E-state index < -0.39 is 0 Å². The number of rotatable bonds is 2. The van der Waals surface area contributed by atoms with Gasteiger partial charge in [-0.15, -0.1) is 11.6 Å². The van der Waals surface area contributed by atoms with E-state index in [0.29, 0.717) is 5.88 Å². The molecule has 0 unspecified atom stereocenters. The van der Waals surface area contributed by atoms with Gasteiger partial charge in [-0.05, 0) is 18.6 Å². The van der Waals surface area contributed by atoms with Gasteiger partial charge in [-0.25, -0.2) is 4.98 Å². The Kier molecular flexibility index (Phi) is 3.12. The Hall–Kier alpha value is -0.800. The van der Waals surface area contributed by atoms with Crippen molar-refractivity contribution in [3.05, 3.63) is 40.3 Å². The molecule has 0 bridgehead atoms. The molecule has 0 radical (unpaired) electrons. The summed E-state index contributed by atoms with van der Waals surface area (Å²) in [5.41, 5.74) is 2.94. The van der Waals surface area contributed by atoms with Crippen molar-refractivity contribution in [2.75, 3.05) is 0 Å². The van der Waals surface area contributed by atoms with Crippen molar-refractivity contribution in [1.29, 1.82) is 0 Å². The van der Waals surface area contributed by atoms with Gasteiger partial charge in [-0.2, -0.15) is 0 Å². The molecular weight excluding hydrogens is 277 g/mol. The van der Waals surface area contributed by atoms with Gasteiger partial charge in [0, 0.05) is 10.0 Å². The van der Waals surface area contributed by atoms with Crippen LogP contribution in [0.4, 0.5) is 0 Å². The molecule has 0 amide bonds. The molecule has 1 heterocycles. The molecule has 0 atom stereocenters. The van der Waals surface area contributed by atoms with Gasteiger partial charge in [0.2, 0.25) is 0 Å². The Morgan fingerprint density at radius 3 is 2.93 bits per heavy atom. The fourth-order valence-corrected chi connectivity index (χ4v) is 1.90. The normalized spacial score (nSPS) is 10.6. The number of aryl methyl sites for hydroxylation is 1. The Balaban J connectivity index is 2.50. The predicted octanol–water partition coefficient (Wildman–Crippen LogP) is 4.15. The summed E-state index contributed by atoms with van der Waals surface area (Å²) in [7, 11) is 0. The molecule has 2 nitrogen and oxygen atoms in total. The molecule has 0 saturated carbocycles. The molecule has 0 spiro atoms. The van der Waals surface area contributed by atoms with Crippen molar-refractivity contribution in [1.82, 2.24) is 4.98 Å². The average Bonchev–Trinajstić information content (AvgIpc) is 2.70. The second kappa shape index (κ2) is 4.37. The highest BCUT2D eigenvalue weighted by molar-refractivity contribution is 9.10. The summed E-state index contributed by atoms with van der Waals surface area (Å²) in [6, 6.07) is 6.03. The molecule has 0 fully saturated rings. The Labute approximate surface area is 101 Å². The van der Waals surface area contributed by atoms with Gasteiger partial charge in [-0.1, -0.05) is 28.1 Å². The van der Waals surface area contributed by atoms with Crippen molar-refractivity contribution in [2.24, 2.45) is 0 Å². The smallest absolute Gasteiger partial charge is 0.181 e. The summed E-state index contributed by atoms with van der Waals surface area (Å²) in [4.78, 5) is 4.05. The second-order valence-electron chi connectivity index (χ2n) is 3.23. The van der Waals surface area contributed by atoms with Gasteiger partial charge in [0.15, 0.2) is 12.2 Å². The Bertz CT molecular complexity index is 481. The number of oxazole rings is 1. The quantitative estimate of drug-likeness (QED) is 0.775. The standard InChI is InChI=1S/C11H9BrClNO/c1-7-2-3-8(4-9(7)12)11-10(5-13)14-6-15-11/h2-4,6H,5H2,1H3. The third-order valence-corrected chi connectivity index (χ3v) is 3.31. The lowest BCUT2D eigenvalue weighted by Gasteiger charge is -2.02. The molecule has 2 aromatic rings. The maximum Gasteiger partial charge on any atom is 0.181 e. The maximum atomic E-state index is 5.76. The van der Waals surface area contributed by atoms with Gasteiger partial charge < -0.3 is 4.42 Å². The maximum absolute atomic E-state index is 5.76. The van der Waals surface area contributed by atoms with Crippen LogP contribution in [0.15, 0.2) is 33.5 Å². The number of hydrogen-bond acceptors (Lipinski definition) is 2. The predicted molar refractivity (Wildman–Crippen MR) is 63.9 cm³/mol. The van der Waals surface area contributed by atoms with E-state index in [9.17, 15) is 0 Å². The molecule has 78 valence electrons. The van der Waals surface area contributed by atoms with Crippen LogP contribution in [-0.4, -0.2) is 4.98 Å². The highest BCUT2D eigenvalue weighted by Crippen LogP contribution is 2.28. The van der Waals surface area contributed by atoms with E-state index in [1.807, 2.05) is 25.1 Å². The first-order valence-corrected chi connectivity index (χ1v) is 5.80. The highest BCUT2D eigenvalue weighted by Gasteiger charge is 2.10. The molecule has 0 aliphatic carbocycles. The molecule has 15 heavy (non-hydrogen) atoms. The van der Waals surface area contributed by atoms with Crippen LogP contribution in [0.25, 0.3) is 11.3 Å². The fraction of sp³-hybridized carbons (Fsp3) is 0.182. The van der Waals surface area contributed by atoms with Crippen molar-refractivity contribution in [3.63, 3.8) is 0 Å². The van der Waals surface area contributed by atoms with Crippen molar-refractivity contribution in [3.8, 4) is 11.3 Å². The molecule has 0 aliphatic rings. The zero-order valence-electron chi connectivity index (χ0n) is 8.13. The summed E-state index contributed by atoms with van der Waals surface area (Å²) >= 11 is 9.24. The Morgan fingerprint density at radius 2 is 2.27 bits per heavy atom. The first kappa shape index (κ1) is 10.7. The van der Waals surface area contributed by atoms with Gasteiger partial charge in [0.05, 0.1) is 5.88 Å². The Morgan fingerprint density at radius 1 is 1.47 bits per heavy atom. The minimum absolute atomic E-state index is 0.358. The van der Waals surface area contributed by atoms with Crippen LogP contribution in [0, 0.1) is 6.92 Å². The third kappa shape index (κ3) is 2.08. The topological polar surface area (TPSA) is 26.0 Å². The van der Waals surface area contributed by atoms with Crippen LogP contribution < -0.4 is 0 Å². The van der Waals surface area contributed by atoms with E-state index in [0.717, 1.165) is 21.5 Å². The van der Waals surface area contributed by atoms with E-state index in [1.54, 1.807) is 0 Å². The van der Waals surface area contributed by atoms with E-state index in [2.05, 4.69) is 20.9 Å². The molecule has 2 rings (SSSR count). The van der Waals surface area contributed by atoms with Crippen molar-refractivity contribution in [2.45, 2.75) is 12.8 Å². The van der Waals surface area contributed by atoms with Gasteiger partial charge in [0.1, 0.15) is 5.69 Å². The fourth-order valence-electron chi connectivity index (χ4n) is 1.33. The minimum Gasteiger partial charge on any atom is -0.443 e. The highest BCUT2D eigenvalue weighted by atomic mass is 79.9. The van der Waals surface area contributed by atoms with E-state index >= 15 is 0 Å². The van der Waals surface area contributed by atoms with E-state index in [-0.39, 0.29) is 0 Å². The van der Waals surface area contributed by atoms with Gasteiger partial charge >= 0.3 is 0 Å². The zero-order valence-corrected chi connectivity index (χ0v) is 10.5. The van der Waals surface area contributed by atoms with Gasteiger partial charge in [-0.3, -0.25) is 0 Å². The van der Waals surface area contributed by atoms with Gasteiger partial charge in [0.25, 0.3) is 0 Å². The monoisotopic (exact) mass is 285 g/mol. The summed E-state index contributed by atoms with van der Waals surface area (Å²) in [5.74, 6) is 1.10. The first-order chi connectivity index (χ1) is 7.22. The number of aromatic nitrogens is 1. The SMILES string of the molecule is Cc1ccc(-c2ocnc2CCl)cc1Br. The van der Waals surface area contributed by atoms with Crippen LogP contribution in [0.3, 0.4) is 0 Å². The molecular formula is C11H9BrClNO. The number of alkyl halides is 1. The van der Waals surface area contributed by atoms with E-state index in [1.165, 1.54) is 12.0 Å². The minimum atomic E-state index is 0.358. The molecule has 4 heteroatoms. The summed E-state index contributed by atoms with van der Waals surface area (Å²) in [6.07, 6.45) is 1.42. The number of nitrogens with zero attached hydrogens (tertiary/aromatic N) is 1. The molecule has 0 saturated heterocycles. The number of hydrogen-bond donors (Lipinski definition) is 0. The van der Waals surface area contributed by atoms with Crippen molar-refractivity contribution >= 4 is 27.5 Å². The largest absolute Gasteiger partial charge is 0.443 e. The van der Waals surface area contributed by atoms with Crippen molar-refractivity contribution < 1.29 is 4.42 Å². The first-order valence-electron chi connectivity index (χ1n) is 4.47. The number of benzene rings is 1. The lowest BCUT2D eigenvalue weighted by Crippen LogP contribution is -1.84. The second-order valence-corrected chi connectivity index (χ2v) is 4.35. The molecule has 0 aliphatic heterocycles. The average molecular weight is 287 g/mol. The third-order valence-electron chi connectivity index (χ3n) is 2.20. The zero-order chi connectivity index (χ0) is 10.8. The molecule has 0 N–H and O–H groups in total. The summed E-state index contributed by atoms with van der Waals surface area (Å²) in [6.45, 7) is 2.04.